The number of thiophene rings is 1. The van der Waals surface area contributed by atoms with Crippen LogP contribution in [0.25, 0.3) is 86.3 Å². The Bertz CT molecular complexity index is 3190. The zero-order valence-corrected chi connectivity index (χ0v) is 30.6. The second kappa shape index (κ2) is 12.9. The lowest BCUT2D eigenvalue weighted by Crippen LogP contribution is -2.10. The first-order valence-corrected chi connectivity index (χ1v) is 19.5. The summed E-state index contributed by atoms with van der Waals surface area (Å²) in [5, 5.41) is 7.23. The Morgan fingerprint density at radius 1 is 0.364 bits per heavy atom. The predicted octanol–water partition coefficient (Wildman–Crippen LogP) is 15.6. The minimum Gasteiger partial charge on any atom is -0.455 e. The zero-order chi connectivity index (χ0) is 36.3. The van der Waals surface area contributed by atoms with E-state index >= 15 is 0 Å². The Morgan fingerprint density at radius 2 is 0.982 bits per heavy atom. The molecule has 2 aromatic heterocycles. The van der Waals surface area contributed by atoms with E-state index < -0.39 is 0 Å². The SMILES string of the molecule is c1ccc(-c2ccc(N(c3ccc(-c4ccc5c(ccc6c7ccccc7oc56)c4)cc3)c3cccc(-c4cccc5c4sc4ccccc45)c3)cc2)cc1. The van der Waals surface area contributed by atoms with Crippen molar-refractivity contribution in [3.8, 4) is 33.4 Å². The fourth-order valence-corrected chi connectivity index (χ4v) is 9.40. The van der Waals surface area contributed by atoms with E-state index in [-0.39, 0.29) is 0 Å². The molecule has 2 nitrogen and oxygen atoms in total. The number of anilines is 3. The van der Waals surface area contributed by atoms with Gasteiger partial charge in [-0.2, -0.15) is 0 Å². The molecule has 11 rings (SSSR count). The van der Waals surface area contributed by atoms with Gasteiger partial charge in [0.25, 0.3) is 0 Å². The number of rotatable bonds is 6. The van der Waals surface area contributed by atoms with Crippen LogP contribution < -0.4 is 4.90 Å². The monoisotopic (exact) mass is 719 g/mol. The van der Waals surface area contributed by atoms with Crippen molar-refractivity contribution in [3.05, 3.63) is 200 Å². The van der Waals surface area contributed by atoms with Crippen molar-refractivity contribution in [2.75, 3.05) is 4.90 Å². The van der Waals surface area contributed by atoms with Crippen molar-refractivity contribution in [1.82, 2.24) is 0 Å². The van der Waals surface area contributed by atoms with Gasteiger partial charge in [0, 0.05) is 53.4 Å². The highest BCUT2D eigenvalue weighted by molar-refractivity contribution is 7.26. The van der Waals surface area contributed by atoms with Gasteiger partial charge in [0.15, 0.2) is 0 Å². The van der Waals surface area contributed by atoms with E-state index in [2.05, 4.69) is 193 Å². The van der Waals surface area contributed by atoms with Crippen LogP contribution in [0.15, 0.2) is 205 Å². The zero-order valence-electron chi connectivity index (χ0n) is 29.8. The average Bonchev–Trinajstić information content (AvgIpc) is 3.84. The van der Waals surface area contributed by atoms with Crippen LogP contribution >= 0.6 is 11.3 Å². The van der Waals surface area contributed by atoms with Gasteiger partial charge in [-0.1, -0.05) is 133 Å². The molecule has 0 bridgehead atoms. The molecule has 0 unspecified atom stereocenters. The van der Waals surface area contributed by atoms with Crippen LogP contribution in [-0.2, 0) is 0 Å². The molecule has 0 radical (unpaired) electrons. The third-order valence-corrected chi connectivity index (χ3v) is 12.1. The van der Waals surface area contributed by atoms with Crippen molar-refractivity contribution in [3.63, 3.8) is 0 Å². The molecule has 55 heavy (non-hydrogen) atoms. The summed E-state index contributed by atoms with van der Waals surface area (Å²) in [4.78, 5) is 2.37. The highest BCUT2D eigenvalue weighted by atomic mass is 32.1. The Hall–Kier alpha value is -6.94. The van der Waals surface area contributed by atoms with Crippen molar-refractivity contribution >= 4 is 81.3 Å². The van der Waals surface area contributed by atoms with Crippen molar-refractivity contribution in [1.29, 1.82) is 0 Å². The molecule has 0 spiro atoms. The fraction of sp³-hybridized carbons (Fsp3) is 0. The number of furan rings is 1. The lowest BCUT2D eigenvalue weighted by Gasteiger charge is -2.26. The molecule has 2 heterocycles. The van der Waals surface area contributed by atoms with Crippen LogP contribution in [0, 0.1) is 0 Å². The number of benzene rings is 9. The minimum absolute atomic E-state index is 0.923. The minimum atomic E-state index is 0.923. The molecular formula is C52H33NOS. The van der Waals surface area contributed by atoms with E-state index in [0.29, 0.717) is 0 Å². The van der Waals surface area contributed by atoms with Crippen LogP contribution in [0.1, 0.15) is 0 Å². The summed E-state index contributed by atoms with van der Waals surface area (Å²) in [7, 11) is 0. The molecule has 0 amide bonds. The third-order valence-electron chi connectivity index (χ3n) is 10.9. The normalized spacial score (nSPS) is 11.6. The maximum absolute atomic E-state index is 6.34. The van der Waals surface area contributed by atoms with Crippen LogP contribution in [0.2, 0.25) is 0 Å². The van der Waals surface area contributed by atoms with Crippen LogP contribution in [0.5, 0.6) is 0 Å². The summed E-state index contributed by atoms with van der Waals surface area (Å²) in [6.07, 6.45) is 0. The van der Waals surface area contributed by atoms with Crippen LogP contribution in [0.4, 0.5) is 17.1 Å². The van der Waals surface area contributed by atoms with Gasteiger partial charge in [-0.05, 0) is 105 Å². The van der Waals surface area contributed by atoms with E-state index in [1.807, 2.05) is 23.5 Å². The van der Waals surface area contributed by atoms with Gasteiger partial charge >= 0.3 is 0 Å². The molecule has 0 saturated carbocycles. The smallest absolute Gasteiger partial charge is 0.143 e. The summed E-state index contributed by atoms with van der Waals surface area (Å²) in [6.45, 7) is 0. The maximum Gasteiger partial charge on any atom is 0.143 e. The molecule has 0 saturated heterocycles. The van der Waals surface area contributed by atoms with E-state index in [9.17, 15) is 0 Å². The first kappa shape index (κ1) is 31.6. The standard InChI is InChI=1S/C52H33NOS/c1-2-10-34(11-3-1)35-20-26-40(27-21-35)53(42-13-8-12-38(33-42)44-16-9-17-48-46-15-5-7-19-50(46)55-52(44)48)41-28-22-36(23-29-41)37-24-30-43-39(32-37)25-31-47-45-14-4-6-18-49(45)54-51(43)47/h1-33H. The molecular weight excluding hydrogens is 687 g/mol. The number of fused-ring (bicyclic) bond motifs is 8. The molecule has 0 N–H and O–H groups in total. The molecule has 0 atom stereocenters. The molecule has 258 valence electrons. The second-order valence-corrected chi connectivity index (χ2v) is 15.2. The summed E-state index contributed by atoms with van der Waals surface area (Å²) in [5.41, 5.74) is 12.4. The highest BCUT2D eigenvalue weighted by Gasteiger charge is 2.17. The fourth-order valence-electron chi connectivity index (χ4n) is 8.16. The summed E-state index contributed by atoms with van der Waals surface area (Å²) in [6, 6.07) is 72.2. The number of para-hydroxylation sites is 1. The number of hydrogen-bond acceptors (Lipinski definition) is 3. The topological polar surface area (TPSA) is 16.4 Å². The number of nitrogens with zero attached hydrogens (tertiary/aromatic N) is 1. The van der Waals surface area contributed by atoms with Crippen molar-refractivity contribution < 1.29 is 4.42 Å². The lowest BCUT2D eigenvalue weighted by molar-refractivity contribution is 0.672. The second-order valence-electron chi connectivity index (χ2n) is 14.1. The Kier molecular flexibility index (Phi) is 7.39. The molecule has 0 fully saturated rings. The molecule has 0 aliphatic rings. The van der Waals surface area contributed by atoms with E-state index in [1.54, 1.807) is 0 Å². The van der Waals surface area contributed by atoms with E-state index in [0.717, 1.165) is 44.4 Å². The average molecular weight is 720 g/mol. The summed E-state index contributed by atoms with van der Waals surface area (Å²) in [5.74, 6) is 0. The maximum atomic E-state index is 6.34. The van der Waals surface area contributed by atoms with Gasteiger partial charge in [-0.25, -0.2) is 0 Å². The van der Waals surface area contributed by atoms with Gasteiger partial charge < -0.3 is 9.32 Å². The van der Waals surface area contributed by atoms with E-state index in [1.165, 1.54) is 58.9 Å². The Balaban J connectivity index is 0.999. The summed E-state index contributed by atoms with van der Waals surface area (Å²) < 4.78 is 8.97. The van der Waals surface area contributed by atoms with Gasteiger partial charge in [0.2, 0.25) is 0 Å². The number of hydrogen-bond donors (Lipinski definition) is 0. The summed E-state index contributed by atoms with van der Waals surface area (Å²) >= 11 is 1.87. The van der Waals surface area contributed by atoms with Crippen LogP contribution in [0.3, 0.4) is 0 Å². The van der Waals surface area contributed by atoms with Gasteiger partial charge in [-0.15, -0.1) is 11.3 Å². The molecule has 0 aliphatic carbocycles. The Labute approximate surface area is 322 Å². The first-order valence-electron chi connectivity index (χ1n) is 18.7. The molecule has 3 heteroatoms. The third kappa shape index (κ3) is 5.40. The van der Waals surface area contributed by atoms with Gasteiger partial charge in [0.1, 0.15) is 11.2 Å². The van der Waals surface area contributed by atoms with Crippen molar-refractivity contribution in [2.45, 2.75) is 0 Å². The lowest BCUT2D eigenvalue weighted by atomic mass is 9.99. The predicted molar refractivity (Wildman–Crippen MR) is 235 cm³/mol. The van der Waals surface area contributed by atoms with Gasteiger partial charge in [-0.3, -0.25) is 0 Å². The van der Waals surface area contributed by atoms with Crippen molar-refractivity contribution in [2.24, 2.45) is 0 Å². The molecule has 11 aromatic rings. The molecule has 0 aliphatic heterocycles. The Morgan fingerprint density at radius 3 is 1.80 bits per heavy atom. The van der Waals surface area contributed by atoms with E-state index in [4.69, 9.17) is 4.42 Å². The first-order chi connectivity index (χ1) is 27.2. The highest BCUT2D eigenvalue weighted by Crippen LogP contribution is 2.43. The van der Waals surface area contributed by atoms with Crippen LogP contribution in [-0.4, -0.2) is 0 Å². The largest absolute Gasteiger partial charge is 0.455 e. The molecule has 9 aromatic carbocycles. The van der Waals surface area contributed by atoms with Gasteiger partial charge in [0.05, 0.1) is 0 Å². The quantitative estimate of drug-likeness (QED) is 0.170.